The Labute approximate surface area is 152 Å². The van der Waals surface area contributed by atoms with Crippen LogP contribution in [0.4, 0.5) is 5.69 Å². The lowest BCUT2D eigenvalue weighted by molar-refractivity contribution is -0.145. The fourth-order valence-corrected chi connectivity index (χ4v) is 2.89. The number of para-hydroxylation sites is 1. The lowest BCUT2D eigenvalue weighted by Crippen LogP contribution is -2.44. The summed E-state index contributed by atoms with van der Waals surface area (Å²) in [5, 5.41) is 2.97. The van der Waals surface area contributed by atoms with Gasteiger partial charge in [0.1, 0.15) is 0 Å². The van der Waals surface area contributed by atoms with E-state index >= 15 is 0 Å². The van der Waals surface area contributed by atoms with E-state index in [0.717, 1.165) is 0 Å². The molecule has 1 aliphatic rings. The van der Waals surface area contributed by atoms with E-state index in [1.54, 1.807) is 42.3 Å². The van der Waals surface area contributed by atoms with Crippen molar-refractivity contribution < 1.29 is 19.1 Å². The van der Waals surface area contributed by atoms with Crippen LogP contribution in [0.25, 0.3) is 0 Å². The molecule has 26 heavy (non-hydrogen) atoms. The lowest BCUT2D eigenvalue weighted by atomic mass is 10.1. The number of esters is 1. The molecule has 0 radical (unpaired) electrons. The largest absolute Gasteiger partial charge is 0.444 e. The minimum absolute atomic E-state index is 0.227. The zero-order chi connectivity index (χ0) is 18.4. The Kier molecular flexibility index (Phi) is 5.86. The third kappa shape index (κ3) is 4.03. The van der Waals surface area contributed by atoms with Crippen LogP contribution in [0.5, 0.6) is 0 Å². The highest BCUT2D eigenvalue weighted by Crippen LogP contribution is 2.24. The molecule has 1 fully saturated rings. The second-order valence-corrected chi connectivity index (χ2v) is 5.93. The van der Waals surface area contributed by atoms with Crippen molar-refractivity contribution in [1.82, 2.24) is 4.90 Å². The van der Waals surface area contributed by atoms with E-state index in [1.165, 1.54) is 0 Å². The number of hydrogen-bond acceptors (Lipinski definition) is 5. The molecule has 1 aliphatic heterocycles. The van der Waals surface area contributed by atoms with Gasteiger partial charge in [-0.3, -0.25) is 4.79 Å². The first kappa shape index (κ1) is 17.9. The summed E-state index contributed by atoms with van der Waals surface area (Å²) in [5.74, 6) is -0.764. The van der Waals surface area contributed by atoms with Gasteiger partial charge in [-0.1, -0.05) is 42.5 Å². The molecule has 1 unspecified atom stereocenters. The van der Waals surface area contributed by atoms with E-state index in [1.807, 2.05) is 24.3 Å². The monoisotopic (exact) mass is 354 g/mol. The van der Waals surface area contributed by atoms with Gasteiger partial charge in [0.15, 0.2) is 0 Å². The van der Waals surface area contributed by atoms with Crippen LogP contribution in [-0.2, 0) is 14.3 Å². The number of nitrogens with one attached hydrogen (secondary N) is 1. The van der Waals surface area contributed by atoms with Crippen LogP contribution in [-0.4, -0.2) is 50.1 Å². The van der Waals surface area contributed by atoms with Crippen LogP contribution in [0.1, 0.15) is 22.0 Å². The molecule has 0 aliphatic carbocycles. The summed E-state index contributed by atoms with van der Waals surface area (Å²) in [5.41, 5.74) is 1.70. The number of ether oxygens (including phenoxy) is 2. The fourth-order valence-electron chi connectivity index (χ4n) is 2.89. The highest BCUT2D eigenvalue weighted by atomic mass is 16.5. The smallest absolute Gasteiger partial charge is 0.341 e. The number of benzene rings is 2. The Balaban J connectivity index is 1.86. The standard InChI is InChI=1S/C20H22N2O4/c1-21-17-10-6-5-9-16(17)20(24)26-18(15-7-3-2-4-8-15)19(23)22-11-13-25-14-12-22/h2-10,18,21H,11-14H2,1H3. The van der Waals surface area contributed by atoms with Crippen molar-refractivity contribution in [3.8, 4) is 0 Å². The Morgan fingerprint density at radius 2 is 1.69 bits per heavy atom. The third-order valence-electron chi connectivity index (χ3n) is 4.29. The first-order valence-electron chi connectivity index (χ1n) is 8.60. The van der Waals surface area contributed by atoms with Gasteiger partial charge in [0.05, 0.1) is 18.8 Å². The zero-order valence-electron chi connectivity index (χ0n) is 14.7. The molecule has 2 aromatic carbocycles. The summed E-state index contributed by atoms with van der Waals surface area (Å²) >= 11 is 0. The SMILES string of the molecule is CNc1ccccc1C(=O)OC(C(=O)N1CCOCC1)c1ccccc1. The number of anilines is 1. The van der Waals surface area contributed by atoms with Gasteiger partial charge in [0, 0.05) is 31.4 Å². The van der Waals surface area contributed by atoms with Crippen LogP contribution in [0.3, 0.4) is 0 Å². The molecule has 1 N–H and O–H groups in total. The van der Waals surface area contributed by atoms with E-state index in [4.69, 9.17) is 9.47 Å². The molecule has 0 spiro atoms. The predicted octanol–water partition coefficient (Wildman–Crippen LogP) is 2.49. The van der Waals surface area contributed by atoms with Gasteiger partial charge in [-0.05, 0) is 12.1 Å². The number of amides is 1. The number of carbonyl (C=O) groups excluding carboxylic acids is 2. The second-order valence-electron chi connectivity index (χ2n) is 5.93. The molecule has 6 nitrogen and oxygen atoms in total. The average molecular weight is 354 g/mol. The van der Waals surface area contributed by atoms with Crippen molar-refractivity contribution >= 4 is 17.6 Å². The number of hydrogen-bond donors (Lipinski definition) is 1. The summed E-state index contributed by atoms with van der Waals surface area (Å²) in [6.45, 7) is 1.97. The van der Waals surface area contributed by atoms with E-state index in [0.29, 0.717) is 43.1 Å². The number of morpholine rings is 1. The minimum Gasteiger partial charge on any atom is -0.444 e. The molecule has 0 saturated carbocycles. The van der Waals surface area contributed by atoms with Crippen molar-refractivity contribution in [1.29, 1.82) is 0 Å². The van der Waals surface area contributed by atoms with Gasteiger partial charge < -0.3 is 19.7 Å². The van der Waals surface area contributed by atoms with Crippen molar-refractivity contribution in [2.45, 2.75) is 6.10 Å². The Morgan fingerprint density at radius 3 is 2.38 bits per heavy atom. The molecule has 0 bridgehead atoms. The summed E-state index contributed by atoms with van der Waals surface area (Å²) in [6.07, 6.45) is -0.980. The first-order chi connectivity index (χ1) is 12.7. The number of rotatable bonds is 5. The Hall–Kier alpha value is -2.86. The van der Waals surface area contributed by atoms with E-state index in [9.17, 15) is 9.59 Å². The van der Waals surface area contributed by atoms with Crippen molar-refractivity contribution in [2.75, 3.05) is 38.7 Å². The molecule has 0 aromatic heterocycles. The number of nitrogens with zero attached hydrogens (tertiary/aromatic N) is 1. The van der Waals surface area contributed by atoms with Gasteiger partial charge in [0.25, 0.3) is 5.91 Å². The van der Waals surface area contributed by atoms with Gasteiger partial charge in [-0.2, -0.15) is 0 Å². The van der Waals surface area contributed by atoms with Crippen molar-refractivity contribution in [3.05, 3.63) is 65.7 Å². The average Bonchev–Trinajstić information content (AvgIpc) is 2.72. The quantitative estimate of drug-likeness (QED) is 0.836. The normalized spacial score (nSPS) is 15.2. The molecule has 3 rings (SSSR count). The van der Waals surface area contributed by atoms with Crippen molar-refractivity contribution in [3.63, 3.8) is 0 Å². The topological polar surface area (TPSA) is 67.9 Å². The van der Waals surface area contributed by atoms with Crippen molar-refractivity contribution in [2.24, 2.45) is 0 Å². The molecule has 1 saturated heterocycles. The van der Waals surface area contributed by atoms with Crippen LogP contribution >= 0.6 is 0 Å². The Morgan fingerprint density at radius 1 is 1.04 bits per heavy atom. The van der Waals surface area contributed by atoms with Crippen LogP contribution in [0.2, 0.25) is 0 Å². The lowest BCUT2D eigenvalue weighted by Gasteiger charge is -2.30. The number of carbonyl (C=O) groups is 2. The molecule has 1 amide bonds. The predicted molar refractivity (Wildman–Crippen MR) is 98.0 cm³/mol. The molecule has 136 valence electrons. The zero-order valence-corrected chi connectivity index (χ0v) is 14.7. The van der Waals surface area contributed by atoms with Gasteiger partial charge in [-0.15, -0.1) is 0 Å². The van der Waals surface area contributed by atoms with Crippen LogP contribution < -0.4 is 5.32 Å². The maximum absolute atomic E-state index is 13.0. The second kappa shape index (κ2) is 8.49. The highest BCUT2D eigenvalue weighted by molar-refractivity contribution is 5.97. The highest BCUT2D eigenvalue weighted by Gasteiger charge is 2.31. The van der Waals surface area contributed by atoms with E-state index in [-0.39, 0.29) is 5.91 Å². The maximum Gasteiger partial charge on any atom is 0.341 e. The van der Waals surface area contributed by atoms with E-state index in [2.05, 4.69) is 5.32 Å². The van der Waals surface area contributed by atoms with Gasteiger partial charge in [-0.25, -0.2) is 4.79 Å². The first-order valence-corrected chi connectivity index (χ1v) is 8.60. The Bertz CT molecular complexity index is 757. The van der Waals surface area contributed by atoms with Gasteiger partial charge in [0.2, 0.25) is 6.10 Å². The molecule has 2 aromatic rings. The summed E-state index contributed by atoms with van der Waals surface area (Å²) in [4.78, 5) is 27.4. The van der Waals surface area contributed by atoms with E-state index < -0.39 is 12.1 Å². The minimum atomic E-state index is -0.980. The summed E-state index contributed by atoms with van der Waals surface area (Å²) < 4.78 is 11.0. The van der Waals surface area contributed by atoms with Crippen LogP contribution in [0.15, 0.2) is 54.6 Å². The summed E-state index contributed by atoms with van der Waals surface area (Å²) in [6, 6.07) is 16.1. The molecular weight excluding hydrogens is 332 g/mol. The molecule has 1 atom stereocenters. The molecular formula is C20H22N2O4. The third-order valence-corrected chi connectivity index (χ3v) is 4.29. The summed E-state index contributed by atoms with van der Waals surface area (Å²) in [7, 11) is 1.74. The maximum atomic E-state index is 13.0. The molecule has 6 heteroatoms. The van der Waals surface area contributed by atoms with Crippen LogP contribution in [0, 0.1) is 0 Å². The fraction of sp³-hybridized carbons (Fsp3) is 0.300. The molecule has 1 heterocycles. The van der Waals surface area contributed by atoms with Gasteiger partial charge >= 0.3 is 5.97 Å².